The maximum atomic E-state index is 12.5. The SMILES string of the molecule is COc1ccc(CN(CCCS(=O)(=O)c2ccccc2)C2CCS(=O)(=O)C2)cc1. The standard InChI is InChI=1S/C21H27NO5S2/c1-27-20-10-8-18(9-11-20)16-22(19-12-15-28(23,24)17-19)13-5-14-29(25,26)21-6-3-2-4-7-21/h2-4,6-11,19H,5,12-17H2,1H3. The summed E-state index contributed by atoms with van der Waals surface area (Å²) in [7, 11) is -4.76. The summed E-state index contributed by atoms with van der Waals surface area (Å²) in [5.74, 6) is 1.13. The molecule has 29 heavy (non-hydrogen) atoms. The summed E-state index contributed by atoms with van der Waals surface area (Å²) in [5.41, 5.74) is 1.04. The van der Waals surface area contributed by atoms with Crippen LogP contribution in [0.4, 0.5) is 0 Å². The molecule has 0 radical (unpaired) electrons. The molecule has 1 unspecified atom stereocenters. The molecule has 0 aromatic heterocycles. The summed E-state index contributed by atoms with van der Waals surface area (Å²) in [5, 5.41) is 0. The predicted octanol–water partition coefficient (Wildman–Crippen LogP) is 2.55. The molecule has 1 heterocycles. The van der Waals surface area contributed by atoms with Crippen molar-refractivity contribution in [3.63, 3.8) is 0 Å². The van der Waals surface area contributed by atoms with Crippen LogP contribution in [0.15, 0.2) is 59.5 Å². The Labute approximate surface area is 173 Å². The monoisotopic (exact) mass is 437 g/mol. The number of benzene rings is 2. The molecular formula is C21H27NO5S2. The second-order valence-corrected chi connectivity index (χ2v) is 11.7. The van der Waals surface area contributed by atoms with E-state index in [1.54, 1.807) is 37.4 Å². The zero-order valence-corrected chi connectivity index (χ0v) is 18.2. The fourth-order valence-corrected chi connectivity index (χ4v) is 6.70. The average Bonchev–Trinajstić information content (AvgIpc) is 3.08. The molecule has 0 aliphatic carbocycles. The third kappa shape index (κ3) is 6.04. The highest BCUT2D eigenvalue weighted by Crippen LogP contribution is 2.22. The Bertz CT molecular complexity index is 1000. The van der Waals surface area contributed by atoms with E-state index in [1.807, 2.05) is 24.3 Å². The van der Waals surface area contributed by atoms with Crippen molar-refractivity contribution in [2.24, 2.45) is 0 Å². The van der Waals surface area contributed by atoms with Crippen LogP contribution in [0.25, 0.3) is 0 Å². The number of rotatable bonds is 9. The molecule has 1 fully saturated rings. The molecule has 3 rings (SSSR count). The van der Waals surface area contributed by atoms with Crippen molar-refractivity contribution in [1.82, 2.24) is 4.90 Å². The van der Waals surface area contributed by atoms with E-state index in [-0.39, 0.29) is 23.3 Å². The molecule has 0 N–H and O–H groups in total. The maximum Gasteiger partial charge on any atom is 0.178 e. The molecule has 1 aliphatic rings. The third-order valence-corrected chi connectivity index (χ3v) is 8.80. The summed E-state index contributed by atoms with van der Waals surface area (Å²) in [6.07, 6.45) is 1.04. The van der Waals surface area contributed by atoms with Gasteiger partial charge in [-0.2, -0.15) is 0 Å². The average molecular weight is 438 g/mol. The first-order valence-electron chi connectivity index (χ1n) is 9.64. The van der Waals surface area contributed by atoms with E-state index >= 15 is 0 Å². The Hall–Kier alpha value is -1.90. The maximum absolute atomic E-state index is 12.5. The normalized spacial score (nSPS) is 18.8. The lowest BCUT2D eigenvalue weighted by molar-refractivity contribution is 0.204. The van der Waals surface area contributed by atoms with Gasteiger partial charge in [0.15, 0.2) is 19.7 Å². The van der Waals surface area contributed by atoms with Crippen LogP contribution in [0.3, 0.4) is 0 Å². The lowest BCUT2D eigenvalue weighted by Gasteiger charge is -2.28. The number of hydrogen-bond acceptors (Lipinski definition) is 6. The molecule has 6 nitrogen and oxygen atoms in total. The van der Waals surface area contributed by atoms with E-state index < -0.39 is 19.7 Å². The van der Waals surface area contributed by atoms with Crippen molar-refractivity contribution >= 4 is 19.7 Å². The Morgan fingerprint density at radius 3 is 2.34 bits per heavy atom. The molecule has 1 atom stereocenters. The molecule has 2 aromatic carbocycles. The molecule has 8 heteroatoms. The minimum Gasteiger partial charge on any atom is -0.497 e. The molecule has 158 valence electrons. The van der Waals surface area contributed by atoms with Crippen molar-refractivity contribution in [2.75, 3.05) is 30.9 Å². The first-order chi connectivity index (χ1) is 13.8. The molecule has 0 spiro atoms. The van der Waals surface area contributed by atoms with Crippen LogP contribution in [0.5, 0.6) is 5.75 Å². The van der Waals surface area contributed by atoms with Crippen LogP contribution >= 0.6 is 0 Å². The van der Waals surface area contributed by atoms with Gasteiger partial charge in [-0.1, -0.05) is 30.3 Å². The molecular weight excluding hydrogens is 410 g/mol. The Kier molecular flexibility index (Phi) is 6.97. The van der Waals surface area contributed by atoms with Crippen molar-refractivity contribution in [3.8, 4) is 5.75 Å². The van der Waals surface area contributed by atoms with Gasteiger partial charge in [-0.3, -0.25) is 4.90 Å². The van der Waals surface area contributed by atoms with Crippen molar-refractivity contribution in [2.45, 2.75) is 30.3 Å². The van der Waals surface area contributed by atoms with Crippen molar-refractivity contribution in [1.29, 1.82) is 0 Å². The van der Waals surface area contributed by atoms with Crippen LogP contribution in [-0.2, 0) is 26.2 Å². The second kappa shape index (κ2) is 9.28. The van der Waals surface area contributed by atoms with E-state index in [4.69, 9.17) is 4.74 Å². The number of hydrogen-bond donors (Lipinski definition) is 0. The Morgan fingerprint density at radius 1 is 1.07 bits per heavy atom. The van der Waals surface area contributed by atoms with Gasteiger partial charge in [0.2, 0.25) is 0 Å². The minimum atomic E-state index is -3.35. The molecule has 0 bridgehead atoms. The van der Waals surface area contributed by atoms with Gasteiger partial charge in [-0.05, 0) is 49.2 Å². The van der Waals surface area contributed by atoms with Gasteiger partial charge in [-0.25, -0.2) is 16.8 Å². The van der Waals surface area contributed by atoms with Crippen LogP contribution in [0.1, 0.15) is 18.4 Å². The van der Waals surface area contributed by atoms with Gasteiger partial charge in [0.25, 0.3) is 0 Å². The third-order valence-electron chi connectivity index (χ3n) is 5.23. The summed E-state index contributed by atoms with van der Waals surface area (Å²) in [6.45, 7) is 1.11. The minimum absolute atomic E-state index is 0.0373. The molecule has 1 aliphatic heterocycles. The largest absolute Gasteiger partial charge is 0.497 e. The first-order valence-corrected chi connectivity index (χ1v) is 13.1. The number of methoxy groups -OCH3 is 1. The number of nitrogens with zero attached hydrogens (tertiary/aromatic N) is 1. The van der Waals surface area contributed by atoms with Crippen molar-refractivity contribution in [3.05, 3.63) is 60.2 Å². The van der Waals surface area contributed by atoms with E-state index in [2.05, 4.69) is 4.90 Å². The van der Waals surface area contributed by atoms with E-state index in [1.165, 1.54) is 0 Å². The zero-order valence-electron chi connectivity index (χ0n) is 16.5. The van der Waals surface area contributed by atoms with Crippen LogP contribution in [0, 0.1) is 0 Å². The van der Waals surface area contributed by atoms with Gasteiger partial charge in [0.05, 0.1) is 29.3 Å². The van der Waals surface area contributed by atoms with Gasteiger partial charge >= 0.3 is 0 Å². The second-order valence-electron chi connectivity index (χ2n) is 7.36. The van der Waals surface area contributed by atoms with E-state index in [0.29, 0.717) is 30.8 Å². The molecule has 2 aromatic rings. The molecule has 0 amide bonds. The highest BCUT2D eigenvalue weighted by atomic mass is 32.2. The Morgan fingerprint density at radius 2 is 1.76 bits per heavy atom. The van der Waals surface area contributed by atoms with Crippen molar-refractivity contribution < 1.29 is 21.6 Å². The highest BCUT2D eigenvalue weighted by Gasteiger charge is 2.32. The molecule has 1 saturated heterocycles. The quantitative estimate of drug-likeness (QED) is 0.600. The number of sulfone groups is 2. The Balaban J connectivity index is 1.68. The van der Waals surface area contributed by atoms with Crippen LogP contribution < -0.4 is 4.74 Å². The predicted molar refractivity (Wildman–Crippen MR) is 114 cm³/mol. The topological polar surface area (TPSA) is 80.8 Å². The summed E-state index contributed by atoms with van der Waals surface area (Å²) < 4.78 is 54.2. The fraction of sp³-hybridized carbons (Fsp3) is 0.429. The van der Waals surface area contributed by atoms with E-state index in [9.17, 15) is 16.8 Å². The van der Waals surface area contributed by atoms with E-state index in [0.717, 1.165) is 11.3 Å². The smallest absolute Gasteiger partial charge is 0.178 e. The van der Waals surface area contributed by atoms with Crippen LogP contribution in [0.2, 0.25) is 0 Å². The van der Waals surface area contributed by atoms with Gasteiger partial charge in [0, 0.05) is 12.6 Å². The lowest BCUT2D eigenvalue weighted by Crippen LogP contribution is -2.37. The summed E-state index contributed by atoms with van der Waals surface area (Å²) in [4.78, 5) is 2.43. The van der Waals surface area contributed by atoms with Gasteiger partial charge in [-0.15, -0.1) is 0 Å². The van der Waals surface area contributed by atoms with Gasteiger partial charge < -0.3 is 4.74 Å². The summed E-state index contributed by atoms with van der Waals surface area (Å²) >= 11 is 0. The summed E-state index contributed by atoms with van der Waals surface area (Å²) in [6, 6.07) is 16.0. The number of ether oxygens (including phenoxy) is 1. The highest BCUT2D eigenvalue weighted by molar-refractivity contribution is 7.91. The van der Waals surface area contributed by atoms with Gasteiger partial charge in [0.1, 0.15) is 5.75 Å². The van der Waals surface area contributed by atoms with Crippen LogP contribution in [-0.4, -0.2) is 58.7 Å². The lowest BCUT2D eigenvalue weighted by atomic mass is 10.1. The molecule has 0 saturated carbocycles. The first kappa shape index (κ1) is 21.8. The fourth-order valence-electron chi connectivity index (χ4n) is 3.62. The zero-order chi connectivity index (χ0) is 20.9.